The van der Waals surface area contributed by atoms with E-state index in [1.54, 1.807) is 74.5 Å². The van der Waals surface area contributed by atoms with Gasteiger partial charge in [-0.25, -0.2) is 4.39 Å². The fourth-order valence-electron chi connectivity index (χ4n) is 3.82. The number of carbonyl (C=O) groups excluding carboxylic acids is 2. The van der Waals surface area contributed by atoms with Crippen molar-refractivity contribution in [2.75, 3.05) is 0 Å². The summed E-state index contributed by atoms with van der Waals surface area (Å²) in [5, 5.41) is 24.1. The van der Waals surface area contributed by atoms with Crippen molar-refractivity contribution in [2.24, 2.45) is 0 Å². The first kappa shape index (κ1) is 26.4. The van der Waals surface area contributed by atoms with Gasteiger partial charge in [0.1, 0.15) is 17.6 Å². The van der Waals surface area contributed by atoms with Crippen LogP contribution in [0.3, 0.4) is 0 Å². The van der Waals surface area contributed by atoms with Crippen LogP contribution in [0.25, 0.3) is 11.1 Å². The zero-order valence-corrected chi connectivity index (χ0v) is 20.1. The Morgan fingerprint density at radius 2 is 1.44 bits per heavy atom. The molecule has 7 nitrogen and oxygen atoms in total. The van der Waals surface area contributed by atoms with E-state index in [0.717, 1.165) is 16.7 Å². The van der Waals surface area contributed by atoms with Crippen LogP contribution < -0.4 is 10.6 Å². The summed E-state index contributed by atoms with van der Waals surface area (Å²) >= 11 is 0. The molecule has 3 rings (SSSR count). The van der Waals surface area contributed by atoms with Gasteiger partial charge in [-0.1, -0.05) is 36.4 Å². The molecular formula is C28H29FN2O5. The summed E-state index contributed by atoms with van der Waals surface area (Å²) in [5.41, 5.74) is 2.11. The summed E-state index contributed by atoms with van der Waals surface area (Å²) in [5.74, 6) is -2.29. The van der Waals surface area contributed by atoms with Crippen molar-refractivity contribution in [1.29, 1.82) is 0 Å². The second kappa shape index (κ2) is 11.5. The molecule has 0 unspecified atom stereocenters. The lowest BCUT2D eigenvalue weighted by Crippen LogP contribution is -2.54. The minimum Gasteiger partial charge on any atom is -0.508 e. The highest BCUT2D eigenvalue weighted by Gasteiger charge is 2.28. The Bertz CT molecular complexity index is 1210. The van der Waals surface area contributed by atoms with Crippen molar-refractivity contribution in [3.8, 4) is 16.9 Å². The number of hydrogen-bond acceptors (Lipinski definition) is 4. The maximum atomic E-state index is 13.2. The van der Waals surface area contributed by atoms with E-state index in [0.29, 0.717) is 12.0 Å². The van der Waals surface area contributed by atoms with Crippen LogP contribution in [0.5, 0.6) is 5.75 Å². The second-order valence-corrected chi connectivity index (χ2v) is 9.26. The van der Waals surface area contributed by atoms with Crippen LogP contribution in [0.1, 0.15) is 42.6 Å². The molecule has 8 heteroatoms. The maximum Gasteiger partial charge on any atom is 0.303 e. The smallest absolute Gasteiger partial charge is 0.303 e. The topological polar surface area (TPSA) is 116 Å². The van der Waals surface area contributed by atoms with E-state index in [1.165, 1.54) is 12.1 Å². The molecule has 0 heterocycles. The highest BCUT2D eigenvalue weighted by atomic mass is 19.1. The average Bonchev–Trinajstić information content (AvgIpc) is 2.83. The SMILES string of the molecule is CC(C)(Cc1ccc(F)cc1)NC(=O)[C@H](CCC(=O)O)NC(=O)c1ccc(-c2ccc(O)cc2)cc1. The summed E-state index contributed by atoms with van der Waals surface area (Å²) in [4.78, 5) is 37.1. The predicted octanol–water partition coefficient (Wildman–Crippen LogP) is 4.30. The summed E-state index contributed by atoms with van der Waals surface area (Å²) in [7, 11) is 0. The van der Waals surface area contributed by atoms with E-state index >= 15 is 0 Å². The lowest BCUT2D eigenvalue weighted by molar-refractivity contribution is -0.137. The van der Waals surface area contributed by atoms with E-state index in [1.807, 2.05) is 0 Å². The number of nitrogens with one attached hydrogen (secondary N) is 2. The van der Waals surface area contributed by atoms with Crippen LogP contribution >= 0.6 is 0 Å². The summed E-state index contributed by atoms with van der Waals surface area (Å²) < 4.78 is 13.2. The number of phenolic OH excluding ortho intramolecular Hbond substituents is 1. The summed E-state index contributed by atoms with van der Waals surface area (Å²) in [6.07, 6.45) is 0.0407. The van der Waals surface area contributed by atoms with Gasteiger partial charge in [-0.15, -0.1) is 0 Å². The van der Waals surface area contributed by atoms with Crippen LogP contribution in [0.15, 0.2) is 72.8 Å². The number of aliphatic carboxylic acids is 1. The van der Waals surface area contributed by atoms with Gasteiger partial charge in [0.25, 0.3) is 5.91 Å². The van der Waals surface area contributed by atoms with Crippen LogP contribution in [0.2, 0.25) is 0 Å². The van der Waals surface area contributed by atoms with E-state index in [4.69, 9.17) is 5.11 Å². The number of carboxylic acid groups (broad SMARTS) is 1. The fraction of sp³-hybridized carbons (Fsp3) is 0.250. The summed E-state index contributed by atoms with van der Waals surface area (Å²) in [6, 6.07) is 18.3. The monoisotopic (exact) mass is 492 g/mol. The van der Waals surface area contributed by atoms with Crippen molar-refractivity contribution in [3.63, 3.8) is 0 Å². The number of amides is 2. The van der Waals surface area contributed by atoms with Crippen LogP contribution in [0.4, 0.5) is 4.39 Å². The molecule has 0 radical (unpaired) electrons. The van der Waals surface area contributed by atoms with E-state index in [9.17, 15) is 23.9 Å². The van der Waals surface area contributed by atoms with E-state index < -0.39 is 29.4 Å². The van der Waals surface area contributed by atoms with E-state index in [-0.39, 0.29) is 24.4 Å². The Morgan fingerprint density at radius 3 is 2.00 bits per heavy atom. The summed E-state index contributed by atoms with van der Waals surface area (Å²) in [6.45, 7) is 3.60. The molecular weight excluding hydrogens is 463 g/mol. The molecule has 0 aliphatic heterocycles. The first-order valence-corrected chi connectivity index (χ1v) is 11.5. The fourth-order valence-corrected chi connectivity index (χ4v) is 3.82. The minimum atomic E-state index is -1.08. The maximum absolute atomic E-state index is 13.2. The largest absolute Gasteiger partial charge is 0.508 e. The molecule has 1 atom stereocenters. The van der Waals surface area contributed by atoms with Crippen molar-refractivity contribution in [2.45, 2.75) is 44.7 Å². The van der Waals surface area contributed by atoms with Crippen molar-refractivity contribution in [1.82, 2.24) is 10.6 Å². The number of aromatic hydroxyl groups is 1. The molecule has 0 fully saturated rings. The molecule has 0 aliphatic carbocycles. The number of rotatable bonds is 10. The van der Waals surface area contributed by atoms with Gasteiger partial charge in [-0.2, -0.15) is 0 Å². The number of phenols is 1. The zero-order chi connectivity index (χ0) is 26.3. The highest BCUT2D eigenvalue weighted by Crippen LogP contribution is 2.22. The Kier molecular flexibility index (Phi) is 8.42. The van der Waals surface area contributed by atoms with Gasteiger partial charge < -0.3 is 20.8 Å². The third kappa shape index (κ3) is 7.66. The van der Waals surface area contributed by atoms with Crippen molar-refractivity contribution >= 4 is 17.8 Å². The molecule has 0 saturated heterocycles. The van der Waals surface area contributed by atoms with E-state index in [2.05, 4.69) is 10.6 Å². The number of carbonyl (C=O) groups is 3. The standard InChI is InChI=1S/C28H29FN2O5/c1-28(2,17-18-3-11-22(29)12-4-18)31-27(36)24(15-16-25(33)34)30-26(35)21-7-5-19(6-8-21)20-9-13-23(32)14-10-20/h3-14,24,32H,15-17H2,1-2H3,(H,30,35)(H,31,36)(H,33,34)/t24-/m0/s1. The van der Waals surface area contributed by atoms with Gasteiger partial charge in [0.15, 0.2) is 0 Å². The number of benzene rings is 3. The molecule has 3 aromatic rings. The van der Waals surface area contributed by atoms with Gasteiger partial charge in [-0.3, -0.25) is 14.4 Å². The molecule has 188 valence electrons. The first-order chi connectivity index (χ1) is 17.0. The van der Waals surface area contributed by atoms with Gasteiger partial charge in [-0.05, 0) is 79.8 Å². The Morgan fingerprint density at radius 1 is 0.889 bits per heavy atom. The van der Waals surface area contributed by atoms with Crippen molar-refractivity contribution in [3.05, 3.63) is 89.7 Å². The molecule has 0 aliphatic rings. The highest BCUT2D eigenvalue weighted by molar-refractivity contribution is 5.98. The van der Waals surface area contributed by atoms with Crippen LogP contribution in [-0.4, -0.2) is 39.6 Å². The molecule has 0 saturated carbocycles. The number of halogens is 1. The molecule has 3 aromatic carbocycles. The normalized spacial score (nSPS) is 12.0. The third-order valence-corrected chi connectivity index (χ3v) is 5.64. The predicted molar refractivity (Wildman–Crippen MR) is 134 cm³/mol. The Balaban J connectivity index is 1.69. The minimum absolute atomic E-state index is 0.0782. The molecule has 2 amide bonds. The molecule has 36 heavy (non-hydrogen) atoms. The van der Waals surface area contributed by atoms with Gasteiger partial charge in [0, 0.05) is 17.5 Å². The number of carboxylic acids is 1. The Hall–Kier alpha value is -4.20. The second-order valence-electron chi connectivity index (χ2n) is 9.26. The van der Waals surface area contributed by atoms with Crippen molar-refractivity contribution < 1.29 is 29.0 Å². The Labute approximate surface area is 209 Å². The third-order valence-electron chi connectivity index (χ3n) is 5.64. The molecule has 0 spiro atoms. The van der Waals surface area contributed by atoms with Crippen LogP contribution in [-0.2, 0) is 16.0 Å². The average molecular weight is 493 g/mol. The zero-order valence-electron chi connectivity index (χ0n) is 20.1. The van der Waals surface area contributed by atoms with Crippen LogP contribution in [0, 0.1) is 5.82 Å². The lowest BCUT2D eigenvalue weighted by Gasteiger charge is -2.29. The quantitative estimate of drug-likeness (QED) is 0.337. The number of hydrogen-bond donors (Lipinski definition) is 4. The van der Waals surface area contributed by atoms with Gasteiger partial charge in [0.2, 0.25) is 5.91 Å². The lowest BCUT2D eigenvalue weighted by atomic mass is 9.94. The van der Waals surface area contributed by atoms with Gasteiger partial charge in [0.05, 0.1) is 0 Å². The first-order valence-electron chi connectivity index (χ1n) is 11.5. The molecule has 0 aromatic heterocycles. The molecule has 4 N–H and O–H groups in total. The molecule has 0 bridgehead atoms. The van der Waals surface area contributed by atoms with Gasteiger partial charge >= 0.3 is 5.97 Å².